The van der Waals surface area contributed by atoms with Crippen molar-refractivity contribution in [3.63, 3.8) is 0 Å². The average Bonchev–Trinajstić information content (AvgIpc) is 2.81. The van der Waals surface area contributed by atoms with E-state index in [0.717, 1.165) is 12.1 Å². The van der Waals surface area contributed by atoms with Crippen molar-refractivity contribution in [1.29, 1.82) is 0 Å². The molecule has 1 aromatic carbocycles. The Bertz CT molecular complexity index is 1310. The fourth-order valence-corrected chi connectivity index (χ4v) is 6.55. The van der Waals surface area contributed by atoms with Crippen molar-refractivity contribution in [1.82, 2.24) is 4.90 Å². The van der Waals surface area contributed by atoms with Gasteiger partial charge >= 0.3 is 0 Å². The molecule has 0 aromatic heterocycles. The second kappa shape index (κ2) is 9.96. The molecule has 0 aliphatic heterocycles. The molecule has 0 heterocycles. The molecule has 8 N–H and O–H groups in total. The fourth-order valence-electron chi connectivity index (χ4n) is 6.55. The Balaban J connectivity index is 1.93. The topological polar surface area (TPSA) is 191 Å². The summed E-state index contributed by atoms with van der Waals surface area (Å²) in [5.41, 5.74) is 9.70. The number of carbonyl (C=O) groups excluding carboxylic acids is 3. The number of aryl methyl sites for hydroxylation is 1. The van der Waals surface area contributed by atoms with Crippen LogP contribution in [0.4, 0.5) is 5.69 Å². The third-order valence-corrected chi connectivity index (χ3v) is 8.36. The maximum absolute atomic E-state index is 14.0. The van der Waals surface area contributed by atoms with Crippen LogP contribution in [0.15, 0.2) is 23.0 Å². The van der Waals surface area contributed by atoms with Crippen molar-refractivity contribution in [2.75, 3.05) is 33.1 Å². The number of benzene rings is 1. The van der Waals surface area contributed by atoms with E-state index in [-0.39, 0.29) is 35.8 Å². The van der Waals surface area contributed by atoms with Gasteiger partial charge in [0.05, 0.1) is 11.6 Å². The van der Waals surface area contributed by atoms with Crippen molar-refractivity contribution in [2.24, 2.45) is 23.3 Å². The van der Waals surface area contributed by atoms with Gasteiger partial charge in [-0.2, -0.15) is 0 Å². The molecule has 5 atom stereocenters. The number of fused-ring (bicyclic) bond motifs is 3. The third kappa shape index (κ3) is 4.29. The quantitative estimate of drug-likeness (QED) is 0.267. The number of likely N-dealkylation sites (N-methyl/N-ethyl adjacent to an activating group) is 1. The molecule has 11 nitrogen and oxygen atoms in total. The maximum Gasteiger partial charge on any atom is 0.255 e. The van der Waals surface area contributed by atoms with E-state index in [4.69, 9.17) is 11.5 Å². The van der Waals surface area contributed by atoms with Gasteiger partial charge in [-0.3, -0.25) is 19.3 Å². The number of aliphatic hydroxyl groups is 3. The highest BCUT2D eigenvalue weighted by atomic mass is 16.3. The zero-order valence-corrected chi connectivity index (χ0v) is 23.0. The first-order valence-electron chi connectivity index (χ1n) is 13.1. The van der Waals surface area contributed by atoms with Gasteiger partial charge in [-0.15, -0.1) is 0 Å². The zero-order valence-electron chi connectivity index (χ0n) is 23.0. The van der Waals surface area contributed by atoms with Gasteiger partial charge in [0.15, 0.2) is 11.4 Å². The number of hydrogen-bond donors (Lipinski definition) is 6. The summed E-state index contributed by atoms with van der Waals surface area (Å²) in [4.78, 5) is 42.7. The monoisotopic (exact) mass is 542 g/mol. The highest BCUT2D eigenvalue weighted by Crippen LogP contribution is 2.54. The van der Waals surface area contributed by atoms with Crippen LogP contribution < -0.4 is 16.4 Å². The Morgan fingerprint density at radius 1 is 1.18 bits per heavy atom. The van der Waals surface area contributed by atoms with E-state index >= 15 is 0 Å². The second-order valence-corrected chi connectivity index (χ2v) is 11.5. The lowest BCUT2D eigenvalue weighted by Crippen LogP contribution is -2.65. The summed E-state index contributed by atoms with van der Waals surface area (Å²) in [6, 6.07) is 0.744. The first-order valence-corrected chi connectivity index (χ1v) is 13.1. The second-order valence-electron chi connectivity index (χ2n) is 11.5. The number of phenolic OH excluding ortho intramolecular Hbond substituents is 1. The molecule has 3 aliphatic rings. The fraction of sp³-hybridized carbons (Fsp3) is 0.536. The summed E-state index contributed by atoms with van der Waals surface area (Å²) < 4.78 is 0. The number of hydrogen-bond acceptors (Lipinski definition) is 10. The van der Waals surface area contributed by atoms with Gasteiger partial charge in [-0.05, 0) is 76.2 Å². The molecular weight excluding hydrogens is 504 g/mol. The molecule has 39 heavy (non-hydrogen) atoms. The standard InChI is InChI=1S/C28H38N4O7/c1-12(29)7-6-8-13-11-17(31(2)3)15-9-14-10-16-21(32(4)5)24(35)20(27(30)38)26(37)28(16,39)25(36)18(14)23(34)19(15)22(13)33/h11-12,14,16,21,33-34,37,39H,6-10,29H2,1-5H3,(H2,30,38)/t12?,14-,16-,21?,28-/m0/s1. The smallest absolute Gasteiger partial charge is 0.255 e. The van der Waals surface area contributed by atoms with Crippen molar-refractivity contribution in [3.8, 4) is 5.75 Å². The number of primary amides is 1. The SMILES string of the molecule is CC(N)CCCc1cc(N(C)C)c2c(c1O)C(O)=C1C(=O)[C@]3(O)C(O)=C(C(N)=O)C(=O)C(N(C)C)[C@@H]3C[C@@H]1C2. The minimum Gasteiger partial charge on any atom is -0.508 e. The summed E-state index contributed by atoms with van der Waals surface area (Å²) in [6.45, 7) is 1.90. The number of anilines is 1. The van der Waals surface area contributed by atoms with Crippen LogP contribution >= 0.6 is 0 Å². The normalized spacial score (nSPS) is 27.3. The molecule has 0 spiro atoms. The van der Waals surface area contributed by atoms with Gasteiger partial charge in [0.2, 0.25) is 5.78 Å². The van der Waals surface area contributed by atoms with E-state index in [0.29, 0.717) is 24.0 Å². The van der Waals surface area contributed by atoms with Crippen molar-refractivity contribution < 1.29 is 34.8 Å². The molecule has 1 aromatic rings. The number of rotatable bonds is 7. The Morgan fingerprint density at radius 2 is 1.82 bits per heavy atom. The zero-order chi connectivity index (χ0) is 29.1. The van der Waals surface area contributed by atoms with Gasteiger partial charge < -0.3 is 36.8 Å². The Kier molecular flexibility index (Phi) is 7.30. The molecule has 212 valence electrons. The summed E-state index contributed by atoms with van der Waals surface area (Å²) in [7, 11) is 6.83. The van der Waals surface area contributed by atoms with Gasteiger partial charge in [0, 0.05) is 37.3 Å². The predicted molar refractivity (Wildman–Crippen MR) is 145 cm³/mol. The van der Waals surface area contributed by atoms with Crippen LogP contribution in [0.5, 0.6) is 5.75 Å². The summed E-state index contributed by atoms with van der Waals surface area (Å²) in [5.74, 6) is -6.52. The predicted octanol–water partition coefficient (Wildman–Crippen LogP) is 0.700. The van der Waals surface area contributed by atoms with E-state index in [9.17, 15) is 34.8 Å². The van der Waals surface area contributed by atoms with Gasteiger partial charge in [-0.25, -0.2) is 0 Å². The third-order valence-electron chi connectivity index (χ3n) is 8.36. The highest BCUT2D eigenvalue weighted by molar-refractivity contribution is 6.24. The van der Waals surface area contributed by atoms with Crippen LogP contribution in [0, 0.1) is 11.8 Å². The van der Waals surface area contributed by atoms with E-state index in [1.54, 1.807) is 14.1 Å². The molecule has 4 rings (SSSR count). The lowest BCUT2D eigenvalue weighted by atomic mass is 9.57. The molecule has 1 fully saturated rings. The molecule has 0 radical (unpaired) electrons. The number of phenols is 1. The van der Waals surface area contributed by atoms with Crippen molar-refractivity contribution in [3.05, 3.63) is 39.7 Å². The van der Waals surface area contributed by atoms with Crippen molar-refractivity contribution in [2.45, 2.75) is 56.7 Å². The number of nitrogens with two attached hydrogens (primary N) is 2. The van der Waals surface area contributed by atoms with Crippen LogP contribution in [0.1, 0.15) is 42.9 Å². The van der Waals surface area contributed by atoms with Gasteiger partial charge in [0.25, 0.3) is 5.91 Å². The largest absolute Gasteiger partial charge is 0.508 e. The number of aromatic hydroxyl groups is 1. The number of aliphatic hydroxyl groups excluding tert-OH is 2. The van der Waals surface area contributed by atoms with Gasteiger partial charge in [-0.1, -0.05) is 0 Å². The van der Waals surface area contributed by atoms with Crippen LogP contribution in [-0.2, 0) is 27.2 Å². The van der Waals surface area contributed by atoms with E-state index < -0.39 is 58.0 Å². The number of nitrogens with zero attached hydrogens (tertiary/aromatic N) is 2. The molecule has 1 amide bonds. The lowest BCUT2D eigenvalue weighted by Gasteiger charge is -2.50. The maximum atomic E-state index is 14.0. The van der Waals surface area contributed by atoms with E-state index in [2.05, 4.69) is 0 Å². The van der Waals surface area contributed by atoms with Crippen molar-refractivity contribution >= 4 is 28.9 Å². The van der Waals surface area contributed by atoms with E-state index in [1.165, 1.54) is 4.90 Å². The Hall–Kier alpha value is -3.41. The first-order chi connectivity index (χ1) is 18.1. The molecule has 3 aliphatic carbocycles. The van der Waals surface area contributed by atoms with Crippen LogP contribution in [0.3, 0.4) is 0 Å². The number of amides is 1. The molecule has 1 saturated carbocycles. The molecule has 0 saturated heterocycles. The molecule has 11 heteroatoms. The summed E-state index contributed by atoms with van der Waals surface area (Å²) >= 11 is 0. The molecule has 0 bridgehead atoms. The van der Waals surface area contributed by atoms with Gasteiger partial charge in [0.1, 0.15) is 22.8 Å². The minimum atomic E-state index is -2.65. The van der Waals surface area contributed by atoms with Crippen LogP contribution in [0.2, 0.25) is 0 Å². The number of carbonyl (C=O) groups is 3. The number of ketones is 2. The minimum absolute atomic E-state index is 0.0117. The van der Waals surface area contributed by atoms with E-state index in [1.807, 2.05) is 32.0 Å². The molecule has 2 unspecified atom stereocenters. The molecular formula is C28H38N4O7. The van der Waals surface area contributed by atoms with Crippen LogP contribution in [-0.4, -0.2) is 88.7 Å². The lowest BCUT2D eigenvalue weighted by molar-refractivity contribution is -0.153. The average molecular weight is 543 g/mol. The summed E-state index contributed by atoms with van der Waals surface area (Å²) in [6.07, 6.45) is 2.22. The number of Topliss-reactive ketones (excluding diaryl/α,β-unsaturated/α-hetero) is 2. The van der Waals surface area contributed by atoms with Crippen LogP contribution in [0.25, 0.3) is 5.76 Å². The first kappa shape index (κ1) is 28.6. The Morgan fingerprint density at radius 3 is 2.36 bits per heavy atom. The summed E-state index contributed by atoms with van der Waals surface area (Å²) in [5, 5.41) is 45.5. The highest BCUT2D eigenvalue weighted by Gasteiger charge is 2.64. The Labute approximate surface area is 227 Å².